The standard InChI is InChI=1S/C16H24N2O3/c1-17-9-7-13(8-10-17)18(2)16(19)12-21-15-6-4-5-14(11-15)20-3/h4-6,11,13H,7-10,12H2,1-3H3. The molecule has 1 fully saturated rings. The fraction of sp³-hybridized carbons (Fsp3) is 0.562. The van der Waals surface area contributed by atoms with Crippen LogP contribution >= 0.6 is 0 Å². The summed E-state index contributed by atoms with van der Waals surface area (Å²) in [5.41, 5.74) is 0. The molecule has 5 heteroatoms. The van der Waals surface area contributed by atoms with Crippen LogP contribution in [0.5, 0.6) is 11.5 Å². The highest BCUT2D eigenvalue weighted by Crippen LogP contribution is 2.19. The van der Waals surface area contributed by atoms with Crippen LogP contribution in [0, 0.1) is 0 Å². The van der Waals surface area contributed by atoms with Crippen LogP contribution in [0.4, 0.5) is 0 Å². The molecule has 2 rings (SSSR count). The number of carbonyl (C=O) groups excluding carboxylic acids is 1. The van der Waals surface area contributed by atoms with Gasteiger partial charge in [0.15, 0.2) is 6.61 Å². The first kappa shape index (κ1) is 15.6. The molecule has 116 valence electrons. The molecule has 0 aliphatic carbocycles. The van der Waals surface area contributed by atoms with Crippen LogP contribution in [0.15, 0.2) is 24.3 Å². The van der Waals surface area contributed by atoms with E-state index in [-0.39, 0.29) is 12.5 Å². The van der Waals surface area contributed by atoms with Crippen LogP contribution in [-0.2, 0) is 4.79 Å². The first-order valence-electron chi connectivity index (χ1n) is 7.31. The van der Waals surface area contributed by atoms with Gasteiger partial charge in [0.1, 0.15) is 11.5 Å². The molecule has 0 radical (unpaired) electrons. The van der Waals surface area contributed by atoms with Crippen molar-refractivity contribution in [3.05, 3.63) is 24.3 Å². The van der Waals surface area contributed by atoms with Gasteiger partial charge in [-0.1, -0.05) is 6.07 Å². The van der Waals surface area contributed by atoms with Crippen LogP contribution in [0.3, 0.4) is 0 Å². The number of likely N-dealkylation sites (tertiary alicyclic amines) is 1. The minimum absolute atomic E-state index is 0.0207. The third kappa shape index (κ3) is 4.36. The molecule has 0 saturated carbocycles. The summed E-state index contributed by atoms with van der Waals surface area (Å²) in [4.78, 5) is 16.3. The number of likely N-dealkylation sites (N-methyl/N-ethyl adjacent to an activating group) is 1. The number of nitrogens with zero attached hydrogens (tertiary/aromatic N) is 2. The van der Waals surface area contributed by atoms with Crippen molar-refractivity contribution >= 4 is 5.91 Å². The second-order valence-electron chi connectivity index (χ2n) is 5.51. The van der Waals surface area contributed by atoms with Crippen molar-refractivity contribution in [1.82, 2.24) is 9.80 Å². The van der Waals surface area contributed by atoms with Crippen molar-refractivity contribution in [2.45, 2.75) is 18.9 Å². The Morgan fingerprint density at radius 3 is 2.67 bits per heavy atom. The number of ether oxygens (including phenoxy) is 2. The molecule has 1 aromatic rings. The van der Waals surface area contributed by atoms with E-state index in [1.54, 1.807) is 13.2 Å². The molecule has 0 aromatic heterocycles. The molecule has 1 aliphatic heterocycles. The van der Waals surface area contributed by atoms with Crippen molar-refractivity contribution in [2.75, 3.05) is 40.9 Å². The van der Waals surface area contributed by atoms with Gasteiger partial charge in [-0.2, -0.15) is 0 Å². The summed E-state index contributed by atoms with van der Waals surface area (Å²) in [5.74, 6) is 1.40. The highest BCUT2D eigenvalue weighted by molar-refractivity contribution is 5.77. The lowest BCUT2D eigenvalue weighted by Crippen LogP contribution is -2.45. The topological polar surface area (TPSA) is 42.0 Å². The van der Waals surface area contributed by atoms with E-state index < -0.39 is 0 Å². The van der Waals surface area contributed by atoms with E-state index in [0.717, 1.165) is 31.7 Å². The van der Waals surface area contributed by atoms with Gasteiger partial charge in [-0.05, 0) is 45.1 Å². The van der Waals surface area contributed by atoms with E-state index in [1.807, 2.05) is 30.1 Å². The van der Waals surface area contributed by atoms with Gasteiger partial charge in [-0.15, -0.1) is 0 Å². The lowest BCUT2D eigenvalue weighted by Gasteiger charge is -2.35. The van der Waals surface area contributed by atoms with Crippen LogP contribution in [0.25, 0.3) is 0 Å². The van der Waals surface area contributed by atoms with Crippen LogP contribution in [0.2, 0.25) is 0 Å². The van der Waals surface area contributed by atoms with E-state index in [4.69, 9.17) is 9.47 Å². The quantitative estimate of drug-likeness (QED) is 0.827. The fourth-order valence-corrected chi connectivity index (χ4v) is 2.52. The van der Waals surface area contributed by atoms with E-state index in [0.29, 0.717) is 11.8 Å². The van der Waals surface area contributed by atoms with Crippen molar-refractivity contribution < 1.29 is 14.3 Å². The predicted molar refractivity (Wildman–Crippen MR) is 81.8 cm³/mol. The van der Waals surface area contributed by atoms with Crippen molar-refractivity contribution in [1.29, 1.82) is 0 Å². The van der Waals surface area contributed by atoms with E-state index in [2.05, 4.69) is 11.9 Å². The normalized spacial score (nSPS) is 16.5. The summed E-state index contributed by atoms with van der Waals surface area (Å²) in [7, 11) is 5.59. The van der Waals surface area contributed by atoms with E-state index >= 15 is 0 Å². The zero-order valence-corrected chi connectivity index (χ0v) is 13.0. The monoisotopic (exact) mass is 292 g/mol. The molecular formula is C16H24N2O3. The Morgan fingerprint density at radius 2 is 2.00 bits per heavy atom. The summed E-state index contributed by atoms with van der Waals surface area (Å²) < 4.78 is 10.7. The molecule has 0 atom stereocenters. The third-order valence-corrected chi connectivity index (χ3v) is 4.03. The number of hydrogen-bond acceptors (Lipinski definition) is 4. The van der Waals surface area contributed by atoms with Crippen molar-refractivity contribution in [2.24, 2.45) is 0 Å². The molecule has 0 N–H and O–H groups in total. The summed E-state index contributed by atoms with van der Waals surface area (Å²) in [6.45, 7) is 2.15. The SMILES string of the molecule is COc1cccc(OCC(=O)N(C)C2CCN(C)CC2)c1. The molecule has 1 saturated heterocycles. The number of benzene rings is 1. The van der Waals surface area contributed by atoms with Crippen LogP contribution in [0.1, 0.15) is 12.8 Å². The number of amides is 1. The van der Waals surface area contributed by atoms with E-state index in [1.165, 1.54) is 0 Å². The molecule has 0 spiro atoms. The number of hydrogen-bond donors (Lipinski definition) is 0. The summed E-state index contributed by atoms with van der Waals surface area (Å²) in [6.07, 6.45) is 2.05. The largest absolute Gasteiger partial charge is 0.497 e. The second-order valence-corrected chi connectivity index (χ2v) is 5.51. The number of methoxy groups -OCH3 is 1. The van der Waals surface area contributed by atoms with Gasteiger partial charge in [-0.25, -0.2) is 0 Å². The molecule has 0 unspecified atom stereocenters. The van der Waals surface area contributed by atoms with Crippen LogP contribution in [-0.4, -0.2) is 62.7 Å². The van der Waals surface area contributed by atoms with Gasteiger partial charge in [0.05, 0.1) is 7.11 Å². The van der Waals surface area contributed by atoms with Gasteiger partial charge in [0, 0.05) is 19.2 Å². The predicted octanol–water partition coefficient (Wildman–Crippen LogP) is 1.63. The second kappa shape index (κ2) is 7.31. The lowest BCUT2D eigenvalue weighted by molar-refractivity contribution is -0.135. The minimum Gasteiger partial charge on any atom is -0.497 e. The van der Waals surface area contributed by atoms with Gasteiger partial charge in [-0.3, -0.25) is 4.79 Å². The Hall–Kier alpha value is -1.75. The van der Waals surface area contributed by atoms with Gasteiger partial charge >= 0.3 is 0 Å². The minimum atomic E-state index is 0.0207. The Balaban J connectivity index is 1.83. The average molecular weight is 292 g/mol. The van der Waals surface area contributed by atoms with Gasteiger partial charge < -0.3 is 19.3 Å². The highest BCUT2D eigenvalue weighted by Gasteiger charge is 2.24. The molecule has 5 nitrogen and oxygen atoms in total. The summed E-state index contributed by atoms with van der Waals surface area (Å²) in [5, 5.41) is 0. The number of carbonyl (C=O) groups is 1. The Bertz CT molecular complexity index is 470. The third-order valence-electron chi connectivity index (χ3n) is 4.03. The Kier molecular flexibility index (Phi) is 5.44. The molecule has 0 bridgehead atoms. The molecular weight excluding hydrogens is 268 g/mol. The van der Waals surface area contributed by atoms with Crippen molar-refractivity contribution in [3.8, 4) is 11.5 Å². The van der Waals surface area contributed by atoms with Crippen molar-refractivity contribution in [3.63, 3.8) is 0 Å². The summed E-state index contributed by atoms with van der Waals surface area (Å²) >= 11 is 0. The highest BCUT2D eigenvalue weighted by atomic mass is 16.5. The van der Waals surface area contributed by atoms with Gasteiger partial charge in [0.2, 0.25) is 0 Å². The number of rotatable bonds is 5. The smallest absolute Gasteiger partial charge is 0.260 e. The molecule has 21 heavy (non-hydrogen) atoms. The molecule has 1 aliphatic rings. The Morgan fingerprint density at radius 1 is 1.33 bits per heavy atom. The molecule has 1 amide bonds. The maximum absolute atomic E-state index is 12.2. The first-order chi connectivity index (χ1) is 10.1. The number of piperidine rings is 1. The van der Waals surface area contributed by atoms with E-state index in [9.17, 15) is 4.79 Å². The molecule has 1 heterocycles. The first-order valence-corrected chi connectivity index (χ1v) is 7.31. The summed E-state index contributed by atoms with van der Waals surface area (Å²) in [6, 6.07) is 7.62. The maximum atomic E-state index is 12.2. The zero-order chi connectivity index (χ0) is 15.2. The molecule has 1 aromatic carbocycles. The Labute approximate surface area is 126 Å². The average Bonchev–Trinajstić information content (AvgIpc) is 2.53. The lowest BCUT2D eigenvalue weighted by atomic mass is 10.0. The fourth-order valence-electron chi connectivity index (χ4n) is 2.52. The zero-order valence-electron chi connectivity index (χ0n) is 13.0. The van der Waals surface area contributed by atoms with Crippen LogP contribution < -0.4 is 9.47 Å². The van der Waals surface area contributed by atoms with Gasteiger partial charge in [0.25, 0.3) is 5.91 Å². The maximum Gasteiger partial charge on any atom is 0.260 e.